The van der Waals surface area contributed by atoms with Crippen LogP contribution in [0.3, 0.4) is 0 Å². The zero-order chi connectivity index (χ0) is 13.1. The van der Waals surface area contributed by atoms with Gasteiger partial charge in [-0.05, 0) is 31.2 Å². The lowest BCUT2D eigenvalue weighted by Gasteiger charge is -2.17. The summed E-state index contributed by atoms with van der Waals surface area (Å²) in [5.74, 6) is 3.66. The van der Waals surface area contributed by atoms with Crippen molar-refractivity contribution in [1.29, 1.82) is 0 Å². The van der Waals surface area contributed by atoms with Gasteiger partial charge in [-0.2, -0.15) is 4.98 Å². The van der Waals surface area contributed by atoms with E-state index in [0.29, 0.717) is 17.9 Å². The van der Waals surface area contributed by atoms with Gasteiger partial charge in [0, 0.05) is 18.4 Å². The van der Waals surface area contributed by atoms with Gasteiger partial charge in [-0.3, -0.25) is 0 Å². The third-order valence-corrected chi connectivity index (χ3v) is 3.59. The van der Waals surface area contributed by atoms with Crippen LogP contribution in [0, 0.1) is 11.8 Å². The molecular formula is C14H25N3O. The summed E-state index contributed by atoms with van der Waals surface area (Å²) < 4.78 is 5.37. The number of nitrogens with one attached hydrogen (secondary N) is 1. The lowest BCUT2D eigenvalue weighted by atomic mass is 10.0. The van der Waals surface area contributed by atoms with Gasteiger partial charge in [0.05, 0.1) is 0 Å². The minimum atomic E-state index is 0.444. The van der Waals surface area contributed by atoms with Crippen molar-refractivity contribution in [3.63, 3.8) is 0 Å². The maximum absolute atomic E-state index is 5.37. The highest BCUT2D eigenvalue weighted by molar-refractivity contribution is 5.07. The van der Waals surface area contributed by atoms with Crippen LogP contribution in [0.1, 0.15) is 58.2 Å². The normalized spacial score (nSPS) is 24.5. The van der Waals surface area contributed by atoms with Crippen molar-refractivity contribution >= 4 is 0 Å². The lowest BCUT2D eigenvalue weighted by molar-refractivity contribution is 0.337. The SMILES string of the molecule is CCNC(Cc1nc(C2CC2C)no1)CC(C)C. The summed E-state index contributed by atoms with van der Waals surface area (Å²) in [5.41, 5.74) is 0. The monoisotopic (exact) mass is 251 g/mol. The van der Waals surface area contributed by atoms with Gasteiger partial charge >= 0.3 is 0 Å². The molecule has 4 heteroatoms. The maximum Gasteiger partial charge on any atom is 0.228 e. The summed E-state index contributed by atoms with van der Waals surface area (Å²) >= 11 is 0. The molecule has 0 amide bonds. The molecule has 1 aliphatic carbocycles. The van der Waals surface area contributed by atoms with Crippen LogP contribution >= 0.6 is 0 Å². The van der Waals surface area contributed by atoms with E-state index in [1.54, 1.807) is 0 Å². The van der Waals surface area contributed by atoms with Crippen LogP contribution in [0.5, 0.6) is 0 Å². The highest BCUT2D eigenvalue weighted by Gasteiger charge is 2.38. The fourth-order valence-electron chi connectivity index (χ4n) is 2.49. The van der Waals surface area contributed by atoms with Crippen molar-refractivity contribution in [1.82, 2.24) is 15.5 Å². The third kappa shape index (κ3) is 3.55. The summed E-state index contributed by atoms with van der Waals surface area (Å²) in [5, 5.41) is 7.60. The quantitative estimate of drug-likeness (QED) is 0.809. The van der Waals surface area contributed by atoms with E-state index >= 15 is 0 Å². The van der Waals surface area contributed by atoms with E-state index in [1.807, 2.05) is 0 Å². The molecule has 1 N–H and O–H groups in total. The summed E-state index contributed by atoms with van der Waals surface area (Å²) in [6.45, 7) is 9.85. The summed E-state index contributed by atoms with van der Waals surface area (Å²) in [6, 6.07) is 0.444. The van der Waals surface area contributed by atoms with E-state index in [0.717, 1.165) is 37.0 Å². The molecular weight excluding hydrogens is 226 g/mol. The van der Waals surface area contributed by atoms with Gasteiger partial charge in [0.15, 0.2) is 5.82 Å². The molecule has 4 nitrogen and oxygen atoms in total. The van der Waals surface area contributed by atoms with E-state index in [4.69, 9.17) is 4.52 Å². The molecule has 1 saturated carbocycles. The molecule has 18 heavy (non-hydrogen) atoms. The highest BCUT2D eigenvalue weighted by atomic mass is 16.5. The number of rotatable bonds is 7. The molecule has 0 radical (unpaired) electrons. The molecule has 0 saturated heterocycles. The first kappa shape index (κ1) is 13.5. The van der Waals surface area contributed by atoms with E-state index in [9.17, 15) is 0 Å². The second-order valence-corrected chi connectivity index (χ2v) is 5.95. The Kier molecular flexibility index (Phi) is 4.38. The summed E-state index contributed by atoms with van der Waals surface area (Å²) in [6.07, 6.45) is 3.20. The number of nitrogens with zero attached hydrogens (tertiary/aromatic N) is 2. The molecule has 2 rings (SSSR count). The van der Waals surface area contributed by atoms with Crippen molar-refractivity contribution in [3.05, 3.63) is 11.7 Å². The van der Waals surface area contributed by atoms with Crippen LogP contribution in [0.15, 0.2) is 4.52 Å². The van der Waals surface area contributed by atoms with Gasteiger partial charge in [0.2, 0.25) is 5.89 Å². The van der Waals surface area contributed by atoms with E-state index < -0.39 is 0 Å². The van der Waals surface area contributed by atoms with Crippen molar-refractivity contribution in [2.75, 3.05) is 6.54 Å². The van der Waals surface area contributed by atoms with Crippen LogP contribution < -0.4 is 5.32 Å². The Morgan fingerprint density at radius 1 is 1.44 bits per heavy atom. The molecule has 3 atom stereocenters. The highest BCUT2D eigenvalue weighted by Crippen LogP contribution is 2.45. The molecule has 1 aromatic rings. The predicted molar refractivity (Wildman–Crippen MR) is 71.4 cm³/mol. The van der Waals surface area contributed by atoms with E-state index in [2.05, 4.69) is 43.2 Å². The Morgan fingerprint density at radius 2 is 2.17 bits per heavy atom. The van der Waals surface area contributed by atoms with Crippen LogP contribution in [0.25, 0.3) is 0 Å². The van der Waals surface area contributed by atoms with Gasteiger partial charge in [0.1, 0.15) is 0 Å². The molecule has 1 aromatic heterocycles. The smallest absolute Gasteiger partial charge is 0.228 e. The molecule has 0 aliphatic heterocycles. The third-order valence-electron chi connectivity index (χ3n) is 3.59. The van der Waals surface area contributed by atoms with Gasteiger partial charge in [-0.1, -0.05) is 32.9 Å². The van der Waals surface area contributed by atoms with Crippen molar-refractivity contribution < 1.29 is 4.52 Å². The van der Waals surface area contributed by atoms with Gasteiger partial charge < -0.3 is 9.84 Å². The average molecular weight is 251 g/mol. The largest absolute Gasteiger partial charge is 0.339 e. The molecule has 1 aliphatic rings. The number of aromatic nitrogens is 2. The van der Waals surface area contributed by atoms with Crippen LogP contribution in [0.4, 0.5) is 0 Å². The number of hydrogen-bond acceptors (Lipinski definition) is 4. The second-order valence-electron chi connectivity index (χ2n) is 5.95. The van der Waals surface area contributed by atoms with Gasteiger partial charge in [0.25, 0.3) is 0 Å². The Balaban J connectivity index is 1.91. The zero-order valence-corrected chi connectivity index (χ0v) is 11.9. The summed E-state index contributed by atoms with van der Waals surface area (Å²) in [7, 11) is 0. The Hall–Kier alpha value is -0.900. The topological polar surface area (TPSA) is 51.0 Å². The maximum atomic E-state index is 5.37. The molecule has 1 heterocycles. The second kappa shape index (κ2) is 5.83. The fourth-order valence-corrected chi connectivity index (χ4v) is 2.49. The van der Waals surface area contributed by atoms with Crippen LogP contribution in [-0.4, -0.2) is 22.7 Å². The molecule has 1 fully saturated rings. The molecule has 3 unspecified atom stereocenters. The lowest BCUT2D eigenvalue weighted by Crippen LogP contribution is -2.32. The first-order valence-corrected chi connectivity index (χ1v) is 7.16. The summed E-state index contributed by atoms with van der Waals surface area (Å²) in [4.78, 5) is 4.53. The number of likely N-dealkylation sites (N-methyl/N-ethyl adjacent to an activating group) is 1. The molecule has 0 aromatic carbocycles. The Bertz CT molecular complexity index is 375. The zero-order valence-electron chi connectivity index (χ0n) is 11.9. The van der Waals surface area contributed by atoms with Gasteiger partial charge in [-0.25, -0.2) is 0 Å². The van der Waals surface area contributed by atoms with E-state index in [1.165, 1.54) is 6.42 Å². The Labute approximate surface area is 110 Å². The van der Waals surface area contributed by atoms with Gasteiger partial charge in [-0.15, -0.1) is 0 Å². The van der Waals surface area contributed by atoms with E-state index in [-0.39, 0.29) is 0 Å². The minimum Gasteiger partial charge on any atom is -0.339 e. The molecule has 0 spiro atoms. The first-order chi connectivity index (χ1) is 8.60. The van der Waals surface area contributed by atoms with Crippen molar-refractivity contribution in [2.24, 2.45) is 11.8 Å². The molecule has 102 valence electrons. The fraction of sp³-hybridized carbons (Fsp3) is 0.857. The predicted octanol–water partition coefficient (Wildman–Crippen LogP) is 2.76. The number of hydrogen-bond donors (Lipinski definition) is 1. The van der Waals surface area contributed by atoms with Crippen LogP contribution in [0.2, 0.25) is 0 Å². The standard InChI is InChI=1S/C14H25N3O/c1-5-15-11(6-9(2)3)8-13-16-14(17-18-13)12-7-10(12)4/h9-12,15H,5-8H2,1-4H3. The van der Waals surface area contributed by atoms with Crippen LogP contribution in [-0.2, 0) is 6.42 Å². The first-order valence-electron chi connectivity index (χ1n) is 7.16. The van der Waals surface area contributed by atoms with Crippen molar-refractivity contribution in [2.45, 2.75) is 58.9 Å². The average Bonchev–Trinajstić information content (AvgIpc) is 2.84. The minimum absolute atomic E-state index is 0.444. The Morgan fingerprint density at radius 3 is 2.72 bits per heavy atom. The van der Waals surface area contributed by atoms with Crippen molar-refractivity contribution in [3.8, 4) is 0 Å². The molecule has 0 bridgehead atoms.